The van der Waals surface area contributed by atoms with Gasteiger partial charge in [0, 0.05) is 17.1 Å². The van der Waals surface area contributed by atoms with Crippen molar-refractivity contribution >= 4 is 34.0 Å². The molecule has 3 N–H and O–H groups in total. The smallest absolute Gasteiger partial charge is 0.257 e. The Morgan fingerprint density at radius 1 is 1.47 bits per heavy atom. The van der Waals surface area contributed by atoms with Gasteiger partial charge in [-0.3, -0.25) is 10.1 Å². The van der Waals surface area contributed by atoms with Crippen LogP contribution < -0.4 is 11.1 Å². The Hall–Kier alpha value is -1.50. The quantitative estimate of drug-likeness (QED) is 0.891. The summed E-state index contributed by atoms with van der Waals surface area (Å²) in [5.74, 6) is -0.271. The van der Waals surface area contributed by atoms with Crippen LogP contribution in [-0.2, 0) is 6.54 Å². The lowest BCUT2D eigenvalue weighted by Gasteiger charge is -2.00. The first kappa shape index (κ1) is 12.0. The van der Waals surface area contributed by atoms with Gasteiger partial charge in [-0.05, 0) is 18.2 Å². The Morgan fingerprint density at radius 3 is 2.94 bits per heavy atom. The lowest BCUT2D eigenvalue weighted by molar-refractivity contribution is 0.102. The average Bonchev–Trinajstić information content (AvgIpc) is 2.77. The zero-order valence-electron chi connectivity index (χ0n) is 8.68. The maximum absolute atomic E-state index is 11.8. The van der Waals surface area contributed by atoms with Gasteiger partial charge in [0.25, 0.3) is 5.91 Å². The highest BCUT2D eigenvalue weighted by molar-refractivity contribution is 7.15. The van der Waals surface area contributed by atoms with Crippen LogP contribution in [0.5, 0.6) is 0 Å². The molecule has 0 radical (unpaired) electrons. The summed E-state index contributed by atoms with van der Waals surface area (Å²) >= 11 is 7.04. The number of hydrogen-bond acceptors (Lipinski definition) is 5. The molecule has 1 amide bonds. The SMILES string of the molecule is NCc1nnc(NC(=O)c2cccc(Cl)c2)s1. The number of benzene rings is 1. The third-order valence-electron chi connectivity index (χ3n) is 1.95. The van der Waals surface area contributed by atoms with Crippen molar-refractivity contribution in [3.63, 3.8) is 0 Å². The maximum Gasteiger partial charge on any atom is 0.257 e. The van der Waals surface area contributed by atoms with Crippen LogP contribution in [0.2, 0.25) is 5.02 Å². The Balaban J connectivity index is 2.11. The van der Waals surface area contributed by atoms with Crippen LogP contribution in [0.4, 0.5) is 5.13 Å². The Bertz CT molecular complexity index is 543. The molecule has 88 valence electrons. The highest BCUT2D eigenvalue weighted by atomic mass is 35.5. The molecule has 5 nitrogen and oxygen atoms in total. The Labute approximate surface area is 107 Å². The minimum atomic E-state index is -0.271. The van der Waals surface area contributed by atoms with E-state index in [4.69, 9.17) is 17.3 Å². The number of hydrogen-bond donors (Lipinski definition) is 2. The molecule has 1 aromatic heterocycles. The number of rotatable bonds is 3. The van der Waals surface area contributed by atoms with Crippen LogP contribution in [0, 0.1) is 0 Å². The first-order valence-electron chi connectivity index (χ1n) is 4.78. The van der Waals surface area contributed by atoms with Crippen molar-refractivity contribution in [2.24, 2.45) is 5.73 Å². The molecule has 0 spiro atoms. The highest BCUT2D eigenvalue weighted by Gasteiger charge is 2.09. The number of carbonyl (C=O) groups is 1. The first-order valence-corrected chi connectivity index (χ1v) is 5.98. The predicted octanol–water partition coefficient (Wildman–Crippen LogP) is 1.90. The van der Waals surface area contributed by atoms with E-state index in [0.717, 1.165) is 0 Å². The standard InChI is InChI=1S/C10H9ClN4OS/c11-7-3-1-2-6(4-7)9(16)13-10-15-14-8(5-12)17-10/h1-4H,5,12H2,(H,13,15,16). The molecule has 2 rings (SSSR count). The summed E-state index contributed by atoms with van der Waals surface area (Å²) in [6.07, 6.45) is 0. The van der Waals surface area contributed by atoms with Gasteiger partial charge in [0.15, 0.2) is 0 Å². The summed E-state index contributed by atoms with van der Waals surface area (Å²) in [7, 11) is 0. The van der Waals surface area contributed by atoms with Crippen LogP contribution in [0.25, 0.3) is 0 Å². The third kappa shape index (κ3) is 3.00. The van der Waals surface area contributed by atoms with E-state index in [1.807, 2.05) is 0 Å². The summed E-state index contributed by atoms with van der Waals surface area (Å²) in [4.78, 5) is 11.8. The molecule has 17 heavy (non-hydrogen) atoms. The number of anilines is 1. The van der Waals surface area contributed by atoms with Crippen molar-refractivity contribution in [1.82, 2.24) is 10.2 Å². The van der Waals surface area contributed by atoms with Gasteiger partial charge in [0.2, 0.25) is 5.13 Å². The molecule has 0 bridgehead atoms. The molecule has 0 atom stereocenters. The second-order valence-electron chi connectivity index (χ2n) is 3.17. The van der Waals surface area contributed by atoms with Crippen LogP contribution >= 0.6 is 22.9 Å². The molecule has 0 saturated carbocycles. The summed E-state index contributed by atoms with van der Waals surface area (Å²) in [6.45, 7) is 0.310. The zero-order chi connectivity index (χ0) is 12.3. The van der Waals surface area contributed by atoms with Gasteiger partial charge in [-0.15, -0.1) is 10.2 Å². The zero-order valence-corrected chi connectivity index (χ0v) is 10.3. The highest BCUT2D eigenvalue weighted by Crippen LogP contribution is 2.16. The first-order chi connectivity index (χ1) is 8.19. The molecule has 1 aromatic carbocycles. The number of nitrogens with zero attached hydrogens (tertiary/aromatic N) is 2. The second kappa shape index (κ2) is 5.22. The van der Waals surface area contributed by atoms with Gasteiger partial charge < -0.3 is 5.73 Å². The van der Waals surface area contributed by atoms with E-state index in [-0.39, 0.29) is 5.91 Å². The molecule has 0 aliphatic rings. The van der Waals surface area contributed by atoms with E-state index in [1.54, 1.807) is 24.3 Å². The van der Waals surface area contributed by atoms with Crippen molar-refractivity contribution in [3.8, 4) is 0 Å². The molecule has 0 fully saturated rings. The minimum Gasteiger partial charge on any atom is -0.324 e. The fourth-order valence-corrected chi connectivity index (χ4v) is 1.99. The van der Waals surface area contributed by atoms with Gasteiger partial charge in [-0.2, -0.15) is 0 Å². The molecule has 7 heteroatoms. The fourth-order valence-electron chi connectivity index (χ4n) is 1.19. The topological polar surface area (TPSA) is 80.9 Å². The number of carbonyl (C=O) groups excluding carboxylic acids is 1. The Morgan fingerprint density at radius 2 is 2.29 bits per heavy atom. The maximum atomic E-state index is 11.8. The van der Waals surface area contributed by atoms with Gasteiger partial charge in [0.05, 0.1) is 0 Å². The summed E-state index contributed by atoms with van der Waals surface area (Å²) in [5, 5.41) is 11.8. The second-order valence-corrected chi connectivity index (χ2v) is 4.67. The summed E-state index contributed by atoms with van der Waals surface area (Å²) < 4.78 is 0. The fraction of sp³-hybridized carbons (Fsp3) is 0.100. The van der Waals surface area contributed by atoms with E-state index < -0.39 is 0 Å². The van der Waals surface area contributed by atoms with Crippen molar-refractivity contribution < 1.29 is 4.79 Å². The van der Waals surface area contributed by atoms with Crippen molar-refractivity contribution in [2.45, 2.75) is 6.54 Å². The molecule has 0 saturated heterocycles. The number of amides is 1. The molecule has 1 heterocycles. The van der Waals surface area contributed by atoms with E-state index in [0.29, 0.717) is 27.3 Å². The number of halogens is 1. The van der Waals surface area contributed by atoms with Crippen molar-refractivity contribution in [1.29, 1.82) is 0 Å². The van der Waals surface area contributed by atoms with Gasteiger partial charge in [-0.25, -0.2) is 0 Å². The normalized spacial score (nSPS) is 10.2. The molecule has 0 unspecified atom stereocenters. The summed E-state index contributed by atoms with van der Waals surface area (Å²) in [5.41, 5.74) is 5.88. The molecular formula is C10H9ClN4OS. The predicted molar refractivity (Wildman–Crippen MR) is 67.2 cm³/mol. The number of aromatic nitrogens is 2. The van der Waals surface area contributed by atoms with Crippen LogP contribution in [0.15, 0.2) is 24.3 Å². The van der Waals surface area contributed by atoms with E-state index in [1.165, 1.54) is 11.3 Å². The van der Waals surface area contributed by atoms with Crippen molar-refractivity contribution in [3.05, 3.63) is 39.9 Å². The van der Waals surface area contributed by atoms with Crippen LogP contribution in [0.1, 0.15) is 15.4 Å². The van der Waals surface area contributed by atoms with Gasteiger partial charge >= 0.3 is 0 Å². The van der Waals surface area contributed by atoms with E-state index in [2.05, 4.69) is 15.5 Å². The van der Waals surface area contributed by atoms with Crippen LogP contribution in [0.3, 0.4) is 0 Å². The largest absolute Gasteiger partial charge is 0.324 e. The molecule has 2 aromatic rings. The van der Waals surface area contributed by atoms with Gasteiger partial charge in [0.1, 0.15) is 5.01 Å². The molecule has 0 aliphatic carbocycles. The number of nitrogens with two attached hydrogens (primary N) is 1. The minimum absolute atomic E-state index is 0.271. The van der Waals surface area contributed by atoms with Crippen molar-refractivity contribution in [2.75, 3.05) is 5.32 Å². The molecule has 0 aliphatic heterocycles. The lowest BCUT2D eigenvalue weighted by Crippen LogP contribution is -2.11. The Kier molecular flexibility index (Phi) is 3.68. The summed E-state index contributed by atoms with van der Waals surface area (Å²) in [6, 6.07) is 6.67. The van der Waals surface area contributed by atoms with E-state index in [9.17, 15) is 4.79 Å². The molecular weight excluding hydrogens is 260 g/mol. The van der Waals surface area contributed by atoms with E-state index >= 15 is 0 Å². The van der Waals surface area contributed by atoms with Gasteiger partial charge in [-0.1, -0.05) is 29.0 Å². The van der Waals surface area contributed by atoms with Crippen LogP contribution in [-0.4, -0.2) is 16.1 Å². The number of nitrogens with one attached hydrogen (secondary N) is 1. The monoisotopic (exact) mass is 268 g/mol. The average molecular weight is 269 g/mol. The lowest BCUT2D eigenvalue weighted by atomic mass is 10.2. The third-order valence-corrected chi connectivity index (χ3v) is 3.04.